The topological polar surface area (TPSA) is 88.1 Å². The predicted octanol–water partition coefficient (Wildman–Crippen LogP) is 1.41. The molecule has 3 aromatic heterocycles. The van der Waals surface area contributed by atoms with Crippen LogP contribution in [0.3, 0.4) is 0 Å². The fourth-order valence-electron chi connectivity index (χ4n) is 3.29. The van der Waals surface area contributed by atoms with Crippen LogP contribution in [0.4, 0.5) is 11.5 Å². The highest BCUT2D eigenvalue weighted by Gasteiger charge is 2.30. The van der Waals surface area contributed by atoms with Crippen molar-refractivity contribution in [2.45, 2.75) is 19.1 Å². The molecule has 0 radical (unpaired) electrons. The van der Waals surface area contributed by atoms with Crippen LogP contribution in [0.15, 0.2) is 41.6 Å². The predicted molar refractivity (Wildman–Crippen MR) is 95.8 cm³/mol. The number of hydrogen-bond donors (Lipinski definition) is 2. The number of aromatic amines is 1. The first-order valence-corrected chi connectivity index (χ1v) is 8.27. The molecule has 25 heavy (non-hydrogen) atoms. The molecule has 1 aliphatic rings. The van der Waals surface area contributed by atoms with Gasteiger partial charge < -0.3 is 19.9 Å². The quantitative estimate of drug-likeness (QED) is 0.660. The standard InChI is InChI=1S/C17H20N6O2/c1-25-9-3-8-22-15(20-12-4-2-6-19-16(12)22)11-23-14-5-7-18-10-13(14)21-17(23)24/h2,4-7,10,15,20H,3,8-9,11H2,1H3,(H,21,24). The maximum absolute atomic E-state index is 12.4. The second kappa shape index (κ2) is 6.56. The molecule has 0 aromatic carbocycles. The van der Waals surface area contributed by atoms with E-state index in [0.717, 1.165) is 35.5 Å². The number of aromatic nitrogens is 4. The number of rotatable bonds is 6. The molecule has 1 aliphatic heterocycles. The molecule has 0 fully saturated rings. The van der Waals surface area contributed by atoms with Crippen molar-refractivity contribution in [1.29, 1.82) is 0 Å². The Morgan fingerprint density at radius 1 is 1.32 bits per heavy atom. The summed E-state index contributed by atoms with van der Waals surface area (Å²) in [5.41, 5.74) is 2.44. The molecule has 4 rings (SSSR count). The van der Waals surface area contributed by atoms with Crippen LogP contribution in [0, 0.1) is 0 Å². The van der Waals surface area contributed by atoms with E-state index in [9.17, 15) is 4.79 Å². The number of nitrogens with one attached hydrogen (secondary N) is 2. The summed E-state index contributed by atoms with van der Waals surface area (Å²) in [5.74, 6) is 0.915. The number of hydrogen-bond acceptors (Lipinski definition) is 6. The van der Waals surface area contributed by atoms with Crippen LogP contribution < -0.4 is 15.9 Å². The maximum atomic E-state index is 12.4. The molecule has 0 spiro atoms. The number of fused-ring (bicyclic) bond motifs is 2. The van der Waals surface area contributed by atoms with Gasteiger partial charge in [-0.1, -0.05) is 0 Å². The zero-order chi connectivity index (χ0) is 17.2. The van der Waals surface area contributed by atoms with Crippen molar-refractivity contribution in [2.24, 2.45) is 0 Å². The molecule has 130 valence electrons. The third kappa shape index (κ3) is 2.85. The zero-order valence-electron chi connectivity index (χ0n) is 14.0. The van der Waals surface area contributed by atoms with Gasteiger partial charge in [0.05, 0.1) is 29.5 Å². The smallest absolute Gasteiger partial charge is 0.326 e. The Morgan fingerprint density at radius 2 is 2.24 bits per heavy atom. The fourth-order valence-corrected chi connectivity index (χ4v) is 3.29. The molecule has 0 saturated carbocycles. The number of anilines is 2. The summed E-state index contributed by atoms with van der Waals surface area (Å²) in [6, 6.07) is 5.77. The van der Waals surface area contributed by atoms with Crippen LogP contribution in [0.25, 0.3) is 11.0 Å². The van der Waals surface area contributed by atoms with Gasteiger partial charge in [0.2, 0.25) is 0 Å². The summed E-state index contributed by atoms with van der Waals surface area (Å²) in [4.78, 5) is 26.0. The first-order valence-electron chi connectivity index (χ1n) is 8.27. The highest BCUT2D eigenvalue weighted by molar-refractivity contribution is 5.74. The number of pyridine rings is 2. The van der Waals surface area contributed by atoms with Gasteiger partial charge in [0.15, 0.2) is 5.82 Å². The van der Waals surface area contributed by atoms with Crippen LogP contribution in [-0.2, 0) is 11.3 Å². The SMILES string of the molecule is COCCCN1c2ncccc2NC1Cn1c(=O)[nH]c2cnccc21. The minimum Gasteiger partial charge on any atom is -0.385 e. The van der Waals surface area contributed by atoms with E-state index in [4.69, 9.17) is 4.74 Å². The van der Waals surface area contributed by atoms with E-state index in [2.05, 4.69) is 25.2 Å². The summed E-state index contributed by atoms with van der Waals surface area (Å²) in [6.07, 6.45) is 5.99. The molecule has 8 nitrogen and oxygen atoms in total. The molecule has 1 unspecified atom stereocenters. The number of imidazole rings is 1. The Bertz CT molecular complexity index is 934. The van der Waals surface area contributed by atoms with Crippen molar-refractivity contribution in [3.8, 4) is 0 Å². The first kappa shape index (κ1) is 15.6. The van der Waals surface area contributed by atoms with Crippen molar-refractivity contribution >= 4 is 22.5 Å². The average molecular weight is 340 g/mol. The minimum atomic E-state index is -0.134. The summed E-state index contributed by atoms with van der Waals surface area (Å²) >= 11 is 0. The maximum Gasteiger partial charge on any atom is 0.326 e. The average Bonchev–Trinajstić information content (AvgIpc) is 3.13. The van der Waals surface area contributed by atoms with Gasteiger partial charge >= 0.3 is 5.69 Å². The lowest BCUT2D eigenvalue weighted by atomic mass is 10.3. The lowest BCUT2D eigenvalue weighted by Gasteiger charge is -2.26. The monoisotopic (exact) mass is 340 g/mol. The van der Waals surface area contributed by atoms with Crippen molar-refractivity contribution in [3.05, 3.63) is 47.3 Å². The van der Waals surface area contributed by atoms with Gasteiger partial charge in [-0.25, -0.2) is 9.78 Å². The fraction of sp³-hybridized carbons (Fsp3) is 0.353. The highest BCUT2D eigenvalue weighted by Crippen LogP contribution is 2.32. The largest absolute Gasteiger partial charge is 0.385 e. The van der Waals surface area contributed by atoms with Crippen LogP contribution in [0.1, 0.15) is 6.42 Å². The number of nitrogens with zero attached hydrogens (tertiary/aromatic N) is 4. The Labute approximate surface area is 144 Å². The molecule has 4 heterocycles. The summed E-state index contributed by atoms with van der Waals surface area (Å²) in [7, 11) is 1.70. The molecular formula is C17H20N6O2. The third-order valence-corrected chi connectivity index (χ3v) is 4.44. The Balaban J connectivity index is 1.64. The summed E-state index contributed by atoms with van der Waals surface area (Å²) in [6.45, 7) is 1.99. The zero-order valence-corrected chi connectivity index (χ0v) is 14.0. The molecule has 0 bridgehead atoms. The van der Waals surface area contributed by atoms with Crippen molar-refractivity contribution in [1.82, 2.24) is 19.5 Å². The van der Waals surface area contributed by atoms with Crippen LogP contribution in [0.2, 0.25) is 0 Å². The van der Waals surface area contributed by atoms with Crippen LogP contribution in [-0.4, -0.2) is 45.9 Å². The molecule has 1 atom stereocenters. The van der Waals surface area contributed by atoms with E-state index in [1.807, 2.05) is 18.2 Å². The van der Waals surface area contributed by atoms with Crippen molar-refractivity contribution < 1.29 is 4.74 Å². The molecule has 2 N–H and O–H groups in total. The lowest BCUT2D eigenvalue weighted by Crippen LogP contribution is -2.42. The molecule has 0 amide bonds. The van der Waals surface area contributed by atoms with E-state index in [1.165, 1.54) is 0 Å². The van der Waals surface area contributed by atoms with E-state index in [-0.39, 0.29) is 11.9 Å². The van der Waals surface area contributed by atoms with Gasteiger partial charge in [0.1, 0.15) is 6.17 Å². The van der Waals surface area contributed by atoms with Gasteiger partial charge in [-0.05, 0) is 24.6 Å². The highest BCUT2D eigenvalue weighted by atomic mass is 16.5. The number of ether oxygens (including phenoxy) is 1. The Kier molecular flexibility index (Phi) is 4.10. The van der Waals surface area contributed by atoms with E-state index < -0.39 is 0 Å². The van der Waals surface area contributed by atoms with E-state index in [1.54, 1.807) is 30.3 Å². The van der Waals surface area contributed by atoms with Gasteiger partial charge in [0.25, 0.3) is 0 Å². The Hall–Kier alpha value is -2.87. The number of H-pyrrole nitrogens is 1. The Morgan fingerprint density at radius 3 is 3.12 bits per heavy atom. The third-order valence-electron chi connectivity index (χ3n) is 4.44. The molecule has 3 aromatic rings. The second-order valence-corrected chi connectivity index (χ2v) is 6.01. The number of methoxy groups -OCH3 is 1. The summed E-state index contributed by atoms with van der Waals surface area (Å²) in [5, 5.41) is 3.48. The van der Waals surface area contributed by atoms with Gasteiger partial charge in [0, 0.05) is 32.7 Å². The first-order chi connectivity index (χ1) is 12.3. The van der Waals surface area contributed by atoms with Crippen LogP contribution in [0.5, 0.6) is 0 Å². The lowest BCUT2D eigenvalue weighted by molar-refractivity contribution is 0.195. The van der Waals surface area contributed by atoms with Crippen LogP contribution >= 0.6 is 0 Å². The van der Waals surface area contributed by atoms with E-state index in [0.29, 0.717) is 13.2 Å². The van der Waals surface area contributed by atoms with E-state index >= 15 is 0 Å². The van der Waals surface area contributed by atoms with Gasteiger partial charge in [-0.2, -0.15) is 0 Å². The van der Waals surface area contributed by atoms with Gasteiger partial charge in [-0.15, -0.1) is 0 Å². The summed E-state index contributed by atoms with van der Waals surface area (Å²) < 4.78 is 6.91. The molecular weight excluding hydrogens is 320 g/mol. The van der Waals surface area contributed by atoms with Crippen molar-refractivity contribution in [3.63, 3.8) is 0 Å². The minimum absolute atomic E-state index is 0.0494. The normalized spacial score (nSPS) is 16.2. The van der Waals surface area contributed by atoms with Gasteiger partial charge in [-0.3, -0.25) is 9.55 Å². The molecule has 8 heteroatoms. The molecule has 0 saturated heterocycles. The van der Waals surface area contributed by atoms with Crippen molar-refractivity contribution in [2.75, 3.05) is 30.5 Å². The molecule has 0 aliphatic carbocycles. The second-order valence-electron chi connectivity index (χ2n) is 6.01.